The molecule has 0 heterocycles. The largest absolute Gasteiger partial charge is 0.478 e. The van der Waals surface area contributed by atoms with Crippen molar-refractivity contribution in [2.24, 2.45) is 5.92 Å². The van der Waals surface area contributed by atoms with Crippen LogP contribution in [0.25, 0.3) is 0 Å². The second-order valence-corrected chi connectivity index (χ2v) is 4.59. The summed E-state index contributed by atoms with van der Waals surface area (Å²) in [7, 11) is 0. The highest BCUT2D eigenvalue weighted by molar-refractivity contribution is 6.31. The molecule has 0 radical (unpaired) electrons. The van der Waals surface area contributed by atoms with Gasteiger partial charge in [-0.05, 0) is 31.0 Å². The van der Waals surface area contributed by atoms with Crippen LogP contribution in [0, 0.1) is 5.92 Å². The smallest absolute Gasteiger partial charge is 0.335 e. The van der Waals surface area contributed by atoms with Gasteiger partial charge in [0.25, 0.3) is 0 Å². The maximum Gasteiger partial charge on any atom is 0.335 e. The minimum atomic E-state index is -1.06. The Labute approximate surface area is 104 Å². The standard InChI is InChI=1S/C12H12ClNO3/c13-9-4-8(12(16)17)5-10(6-9)14-11(15)7-2-1-3-7/h4-7H,1-3H2,(H,14,15)(H,16,17). The summed E-state index contributed by atoms with van der Waals surface area (Å²) in [6, 6.07) is 4.30. The van der Waals surface area contributed by atoms with Crippen molar-refractivity contribution in [3.63, 3.8) is 0 Å². The highest BCUT2D eigenvalue weighted by atomic mass is 35.5. The molecule has 1 saturated carbocycles. The number of nitrogens with one attached hydrogen (secondary N) is 1. The molecule has 2 N–H and O–H groups in total. The zero-order valence-corrected chi connectivity index (χ0v) is 9.83. The van der Waals surface area contributed by atoms with Crippen molar-refractivity contribution in [2.75, 3.05) is 5.32 Å². The number of hydrogen-bond donors (Lipinski definition) is 2. The minimum absolute atomic E-state index is 0.0576. The van der Waals surface area contributed by atoms with Crippen LogP contribution >= 0.6 is 11.6 Å². The van der Waals surface area contributed by atoms with E-state index in [4.69, 9.17) is 16.7 Å². The van der Waals surface area contributed by atoms with Crippen LogP contribution in [0.3, 0.4) is 0 Å². The summed E-state index contributed by atoms with van der Waals surface area (Å²) in [6.07, 6.45) is 2.88. The third-order valence-electron chi connectivity index (χ3n) is 2.89. The first kappa shape index (κ1) is 11.9. The molecule has 1 amide bonds. The van der Waals surface area contributed by atoms with Crippen LogP contribution in [0.15, 0.2) is 18.2 Å². The van der Waals surface area contributed by atoms with E-state index in [1.807, 2.05) is 0 Å². The Bertz CT molecular complexity index is 469. The number of rotatable bonds is 3. The van der Waals surface area contributed by atoms with E-state index in [-0.39, 0.29) is 17.4 Å². The fourth-order valence-corrected chi connectivity index (χ4v) is 1.94. The van der Waals surface area contributed by atoms with Crippen molar-refractivity contribution in [3.8, 4) is 0 Å². The molecule has 0 bridgehead atoms. The lowest BCUT2D eigenvalue weighted by Crippen LogP contribution is -2.28. The van der Waals surface area contributed by atoms with Gasteiger partial charge in [-0.15, -0.1) is 0 Å². The Morgan fingerprint density at radius 1 is 1.29 bits per heavy atom. The quantitative estimate of drug-likeness (QED) is 0.870. The highest BCUT2D eigenvalue weighted by Gasteiger charge is 2.25. The highest BCUT2D eigenvalue weighted by Crippen LogP contribution is 2.28. The van der Waals surface area contributed by atoms with Gasteiger partial charge in [0, 0.05) is 16.6 Å². The van der Waals surface area contributed by atoms with E-state index >= 15 is 0 Å². The molecular weight excluding hydrogens is 242 g/mol. The summed E-state index contributed by atoms with van der Waals surface area (Å²) in [5, 5.41) is 11.9. The minimum Gasteiger partial charge on any atom is -0.478 e. The Kier molecular flexibility index (Phi) is 3.33. The number of amides is 1. The molecule has 0 unspecified atom stereocenters. The van der Waals surface area contributed by atoms with Crippen LogP contribution in [0.4, 0.5) is 5.69 Å². The van der Waals surface area contributed by atoms with Gasteiger partial charge in [0.15, 0.2) is 0 Å². The third kappa shape index (κ3) is 2.77. The summed E-state index contributed by atoms with van der Waals surface area (Å²) in [4.78, 5) is 22.5. The molecule has 1 aromatic rings. The predicted molar refractivity (Wildman–Crippen MR) is 64.4 cm³/mol. The second kappa shape index (κ2) is 4.75. The van der Waals surface area contributed by atoms with Gasteiger partial charge < -0.3 is 10.4 Å². The van der Waals surface area contributed by atoms with Crippen LogP contribution in [0.5, 0.6) is 0 Å². The summed E-state index contributed by atoms with van der Waals surface area (Å²) in [5.74, 6) is -1.07. The third-order valence-corrected chi connectivity index (χ3v) is 3.11. The van der Waals surface area contributed by atoms with Gasteiger partial charge in [0.05, 0.1) is 5.56 Å². The average molecular weight is 254 g/mol. The molecule has 0 aromatic heterocycles. The number of carbonyl (C=O) groups is 2. The van der Waals surface area contributed by atoms with Gasteiger partial charge in [-0.25, -0.2) is 4.79 Å². The lowest BCUT2D eigenvalue weighted by atomic mass is 9.85. The van der Waals surface area contributed by atoms with Gasteiger partial charge in [-0.2, -0.15) is 0 Å². The van der Waals surface area contributed by atoms with Crippen molar-refractivity contribution in [1.29, 1.82) is 0 Å². The normalized spacial score (nSPS) is 15.1. The Morgan fingerprint density at radius 3 is 2.53 bits per heavy atom. The van der Waals surface area contributed by atoms with Crippen molar-refractivity contribution in [3.05, 3.63) is 28.8 Å². The zero-order valence-electron chi connectivity index (χ0n) is 9.07. The Morgan fingerprint density at radius 2 is 2.00 bits per heavy atom. The van der Waals surface area contributed by atoms with Gasteiger partial charge in [-0.3, -0.25) is 4.79 Å². The van der Waals surface area contributed by atoms with Crippen LogP contribution in [0.1, 0.15) is 29.6 Å². The van der Waals surface area contributed by atoms with Crippen molar-refractivity contribution in [1.82, 2.24) is 0 Å². The molecule has 17 heavy (non-hydrogen) atoms. The Hall–Kier alpha value is -1.55. The predicted octanol–water partition coefficient (Wildman–Crippen LogP) is 2.78. The molecule has 1 aliphatic carbocycles. The number of halogens is 1. The van der Waals surface area contributed by atoms with Crippen molar-refractivity contribution >= 4 is 29.2 Å². The van der Waals surface area contributed by atoms with E-state index in [9.17, 15) is 9.59 Å². The summed E-state index contributed by atoms with van der Waals surface area (Å²) < 4.78 is 0. The maximum atomic E-state index is 11.7. The van der Waals surface area contributed by atoms with Crippen LogP contribution < -0.4 is 5.32 Å². The van der Waals surface area contributed by atoms with Crippen molar-refractivity contribution < 1.29 is 14.7 Å². The number of hydrogen-bond acceptors (Lipinski definition) is 2. The number of aromatic carboxylic acids is 1. The van der Waals surface area contributed by atoms with Gasteiger partial charge in [0.2, 0.25) is 5.91 Å². The summed E-state index contributed by atoms with van der Waals surface area (Å²) >= 11 is 5.79. The molecule has 0 spiro atoms. The number of carboxylic acid groups (broad SMARTS) is 1. The Balaban J connectivity index is 2.14. The van der Waals surface area contributed by atoms with Gasteiger partial charge in [0.1, 0.15) is 0 Å². The first-order chi connectivity index (χ1) is 8.06. The SMILES string of the molecule is O=C(O)c1cc(Cl)cc(NC(=O)C2CCC2)c1. The van der Waals surface area contributed by atoms with Gasteiger partial charge >= 0.3 is 5.97 Å². The van der Waals surface area contributed by atoms with Crippen LogP contribution in [0.2, 0.25) is 5.02 Å². The van der Waals surface area contributed by atoms with Crippen molar-refractivity contribution in [2.45, 2.75) is 19.3 Å². The van der Waals surface area contributed by atoms with E-state index in [0.717, 1.165) is 19.3 Å². The molecule has 1 fully saturated rings. The van der Waals surface area contributed by atoms with E-state index in [1.165, 1.54) is 12.1 Å². The molecule has 5 heteroatoms. The number of carbonyl (C=O) groups excluding carboxylic acids is 1. The maximum absolute atomic E-state index is 11.7. The second-order valence-electron chi connectivity index (χ2n) is 4.15. The topological polar surface area (TPSA) is 66.4 Å². The fraction of sp³-hybridized carbons (Fsp3) is 0.333. The van der Waals surface area contributed by atoms with Crippen LogP contribution in [-0.2, 0) is 4.79 Å². The molecule has 4 nitrogen and oxygen atoms in total. The van der Waals surface area contributed by atoms with E-state index < -0.39 is 5.97 Å². The first-order valence-electron chi connectivity index (χ1n) is 5.41. The van der Waals surface area contributed by atoms with Crippen LogP contribution in [-0.4, -0.2) is 17.0 Å². The fourth-order valence-electron chi connectivity index (χ4n) is 1.70. The molecule has 2 rings (SSSR count). The number of carboxylic acids is 1. The molecule has 0 saturated heterocycles. The lowest BCUT2D eigenvalue weighted by Gasteiger charge is -2.24. The first-order valence-corrected chi connectivity index (χ1v) is 5.79. The summed E-state index contributed by atoms with van der Waals surface area (Å²) in [5.41, 5.74) is 0.508. The molecule has 1 aromatic carbocycles. The van der Waals surface area contributed by atoms with Gasteiger partial charge in [-0.1, -0.05) is 18.0 Å². The molecule has 0 atom stereocenters. The number of benzene rings is 1. The van der Waals surface area contributed by atoms with E-state index in [0.29, 0.717) is 10.7 Å². The summed E-state index contributed by atoms with van der Waals surface area (Å²) in [6.45, 7) is 0. The number of anilines is 1. The molecular formula is C12H12ClNO3. The molecule has 1 aliphatic rings. The molecule has 90 valence electrons. The van der Waals surface area contributed by atoms with E-state index in [1.54, 1.807) is 6.07 Å². The zero-order chi connectivity index (χ0) is 12.4. The lowest BCUT2D eigenvalue weighted by molar-refractivity contribution is -0.122. The van der Waals surface area contributed by atoms with E-state index in [2.05, 4.69) is 5.32 Å². The average Bonchev–Trinajstić information content (AvgIpc) is 2.13. The monoisotopic (exact) mass is 253 g/mol. The molecule has 0 aliphatic heterocycles.